The Hall–Kier alpha value is -2.77. The Balaban J connectivity index is 1.48. The Bertz CT molecular complexity index is 1400. The zero-order valence-corrected chi connectivity index (χ0v) is 26.4. The number of nitrogens with one attached hydrogen (secondary N) is 2. The molecule has 1 aliphatic heterocycles. The van der Waals surface area contributed by atoms with Gasteiger partial charge in [0.1, 0.15) is 6.04 Å². The van der Waals surface area contributed by atoms with E-state index in [1.807, 2.05) is 13.3 Å². The molecule has 4 atom stereocenters. The Kier molecular flexibility index (Phi) is 10.4. The summed E-state index contributed by atoms with van der Waals surface area (Å²) >= 11 is 1.53. The molecule has 13 heteroatoms. The smallest absolute Gasteiger partial charge is 0.338 e. The van der Waals surface area contributed by atoms with Crippen molar-refractivity contribution in [2.75, 3.05) is 30.9 Å². The van der Waals surface area contributed by atoms with Crippen molar-refractivity contribution in [3.8, 4) is 0 Å². The summed E-state index contributed by atoms with van der Waals surface area (Å²) in [6, 6.07) is 9.57. The van der Waals surface area contributed by atoms with Crippen LogP contribution in [0.25, 0.3) is 0 Å². The van der Waals surface area contributed by atoms with Gasteiger partial charge in [0.05, 0.1) is 16.2 Å². The molecule has 1 saturated carbocycles. The van der Waals surface area contributed by atoms with E-state index in [1.165, 1.54) is 23.9 Å². The second-order valence-electron chi connectivity index (χ2n) is 11.6. The number of anilines is 1. The third-order valence-electron chi connectivity index (χ3n) is 8.55. The zero-order valence-electron chi connectivity index (χ0n) is 24.7. The van der Waals surface area contributed by atoms with Crippen LogP contribution in [0.1, 0.15) is 45.1 Å². The maximum atomic E-state index is 13.6. The summed E-state index contributed by atoms with van der Waals surface area (Å²) in [6.07, 6.45) is -0.277. The Morgan fingerprint density at radius 2 is 1.81 bits per heavy atom. The number of hydrogen-bond donors (Lipinski definition) is 2. The first-order valence-corrected chi connectivity index (χ1v) is 17.2. The average Bonchev–Trinajstić information content (AvgIpc) is 3.31. The van der Waals surface area contributed by atoms with Crippen LogP contribution in [0.5, 0.6) is 0 Å². The minimum absolute atomic E-state index is 0.0435. The fourth-order valence-electron chi connectivity index (χ4n) is 6.03. The molecule has 2 aromatic carbocycles. The number of alkyl halides is 3. The molecule has 0 bridgehead atoms. The highest BCUT2D eigenvalue weighted by Gasteiger charge is 2.44. The number of amides is 3. The Morgan fingerprint density at radius 3 is 2.44 bits per heavy atom. The lowest BCUT2D eigenvalue weighted by Crippen LogP contribution is -2.53. The van der Waals surface area contributed by atoms with E-state index in [0.29, 0.717) is 25.8 Å². The lowest BCUT2D eigenvalue weighted by molar-refractivity contribution is -0.137. The molecule has 2 aromatic rings. The summed E-state index contributed by atoms with van der Waals surface area (Å²) < 4.78 is 66.3. The predicted molar refractivity (Wildman–Crippen MR) is 162 cm³/mol. The molecule has 0 unspecified atom stereocenters. The van der Waals surface area contributed by atoms with Gasteiger partial charge in [0, 0.05) is 35.3 Å². The first-order chi connectivity index (χ1) is 20.2. The van der Waals surface area contributed by atoms with Crippen molar-refractivity contribution in [3.63, 3.8) is 0 Å². The summed E-state index contributed by atoms with van der Waals surface area (Å²) in [4.78, 5) is 31.3. The molecule has 2 fully saturated rings. The van der Waals surface area contributed by atoms with Crippen molar-refractivity contribution in [2.45, 2.75) is 79.7 Å². The van der Waals surface area contributed by atoms with Crippen LogP contribution in [0.15, 0.2) is 58.3 Å². The van der Waals surface area contributed by atoms with Crippen molar-refractivity contribution in [1.29, 1.82) is 0 Å². The molecular weight excluding hydrogens is 601 g/mol. The van der Waals surface area contributed by atoms with E-state index in [9.17, 15) is 31.2 Å². The molecule has 0 aromatic heterocycles. The third-order valence-corrected chi connectivity index (χ3v) is 11.2. The van der Waals surface area contributed by atoms with Crippen molar-refractivity contribution in [2.24, 2.45) is 5.92 Å². The standard InChI is InChI=1S/C30H39F3N4O4S2/c1-19(2)36(3)23-8-13-27(20(16-23)18-43(40,41)25-11-9-24(42-4)10-12-25)37-15-14-26(28(37)38)35-29(39)34-22-7-5-6-21(17-22)30(31,32)33/h5-7,9-12,17,19-20,23,26-27H,8,13-16,18H2,1-4H3,(H2,34,35,39)/t20-,23-,26+,27+/m1/s1. The number of rotatable bonds is 9. The number of halogens is 3. The third kappa shape index (κ3) is 8.04. The van der Waals surface area contributed by atoms with Crippen LogP contribution in [0.2, 0.25) is 0 Å². The summed E-state index contributed by atoms with van der Waals surface area (Å²) in [5.74, 6) is -0.727. The van der Waals surface area contributed by atoms with E-state index < -0.39 is 33.6 Å². The van der Waals surface area contributed by atoms with E-state index in [1.54, 1.807) is 29.2 Å². The van der Waals surface area contributed by atoms with Crippen LogP contribution < -0.4 is 10.6 Å². The fourth-order valence-corrected chi connectivity index (χ4v) is 8.10. The largest absolute Gasteiger partial charge is 0.416 e. The molecule has 236 valence electrons. The van der Waals surface area contributed by atoms with Gasteiger partial charge in [-0.1, -0.05) is 6.07 Å². The van der Waals surface area contributed by atoms with Crippen LogP contribution in [-0.2, 0) is 20.8 Å². The topological polar surface area (TPSA) is 98.8 Å². The van der Waals surface area contributed by atoms with E-state index in [0.717, 1.165) is 23.4 Å². The fraction of sp³-hybridized carbons (Fsp3) is 0.533. The van der Waals surface area contributed by atoms with Gasteiger partial charge in [-0.2, -0.15) is 13.2 Å². The lowest BCUT2D eigenvalue weighted by Gasteiger charge is -2.44. The van der Waals surface area contributed by atoms with Crippen LogP contribution in [0, 0.1) is 5.92 Å². The average molecular weight is 641 g/mol. The molecule has 1 heterocycles. The quantitative estimate of drug-likeness (QED) is 0.352. The van der Waals surface area contributed by atoms with Crippen LogP contribution in [0.3, 0.4) is 0 Å². The predicted octanol–water partition coefficient (Wildman–Crippen LogP) is 5.50. The van der Waals surface area contributed by atoms with Crippen LogP contribution in [-0.4, -0.2) is 79.9 Å². The number of thioether (sulfide) groups is 1. The lowest BCUT2D eigenvalue weighted by atomic mass is 9.81. The van der Waals surface area contributed by atoms with E-state index in [-0.39, 0.29) is 46.3 Å². The van der Waals surface area contributed by atoms with Crippen LogP contribution in [0.4, 0.5) is 23.7 Å². The highest BCUT2D eigenvalue weighted by atomic mass is 32.2. The molecule has 0 spiro atoms. The van der Waals surface area contributed by atoms with Gasteiger partial charge in [-0.25, -0.2) is 13.2 Å². The van der Waals surface area contributed by atoms with Gasteiger partial charge >= 0.3 is 12.2 Å². The van der Waals surface area contributed by atoms with E-state index >= 15 is 0 Å². The molecule has 8 nitrogen and oxygen atoms in total. The molecule has 1 aliphatic carbocycles. The van der Waals surface area contributed by atoms with Crippen molar-refractivity contribution >= 4 is 39.2 Å². The van der Waals surface area contributed by atoms with Crippen molar-refractivity contribution in [1.82, 2.24) is 15.1 Å². The summed E-state index contributed by atoms with van der Waals surface area (Å²) in [7, 11) is -1.61. The van der Waals surface area contributed by atoms with Gasteiger partial charge in [-0.3, -0.25) is 4.79 Å². The summed E-state index contributed by atoms with van der Waals surface area (Å²) in [6.45, 7) is 4.54. The number of carbonyl (C=O) groups excluding carboxylic acids is 2. The number of sulfone groups is 1. The number of benzene rings is 2. The highest BCUT2D eigenvalue weighted by molar-refractivity contribution is 7.98. The number of likely N-dealkylation sites (tertiary alicyclic amines) is 1. The SMILES string of the molecule is CSc1ccc(S(=O)(=O)C[C@H]2C[C@H](N(C)C(C)C)CC[C@@H]2N2CC[C@H](NC(=O)Nc3cccc(C(F)(F)F)c3)C2=O)cc1. The van der Waals surface area contributed by atoms with Gasteiger partial charge in [-0.05, 0) is 101 Å². The van der Waals surface area contributed by atoms with Gasteiger partial charge in [-0.15, -0.1) is 11.8 Å². The number of nitrogens with zero attached hydrogens (tertiary/aromatic N) is 2. The van der Waals surface area contributed by atoms with Crippen molar-refractivity contribution < 1.29 is 31.2 Å². The number of carbonyl (C=O) groups is 2. The Labute approximate surface area is 255 Å². The monoisotopic (exact) mass is 640 g/mol. The second kappa shape index (κ2) is 13.5. The Morgan fingerprint density at radius 1 is 1.12 bits per heavy atom. The van der Waals surface area contributed by atoms with Gasteiger partial charge in [0.15, 0.2) is 9.84 Å². The van der Waals surface area contributed by atoms with Gasteiger partial charge in [0.25, 0.3) is 0 Å². The van der Waals surface area contributed by atoms with Crippen LogP contribution >= 0.6 is 11.8 Å². The maximum absolute atomic E-state index is 13.6. The summed E-state index contributed by atoms with van der Waals surface area (Å²) in [5, 5.41) is 4.98. The van der Waals surface area contributed by atoms with Gasteiger partial charge in [0.2, 0.25) is 5.91 Å². The first-order valence-electron chi connectivity index (χ1n) is 14.3. The molecule has 4 rings (SSSR count). The molecule has 2 N–H and O–H groups in total. The summed E-state index contributed by atoms with van der Waals surface area (Å²) in [5.41, 5.74) is -0.939. The van der Waals surface area contributed by atoms with E-state index in [2.05, 4.69) is 29.4 Å². The minimum atomic E-state index is -4.55. The molecule has 1 saturated heterocycles. The number of hydrogen-bond acceptors (Lipinski definition) is 6. The second-order valence-corrected chi connectivity index (χ2v) is 14.5. The highest BCUT2D eigenvalue weighted by Crippen LogP contribution is 2.36. The van der Waals surface area contributed by atoms with Crippen molar-refractivity contribution in [3.05, 3.63) is 54.1 Å². The molecule has 43 heavy (non-hydrogen) atoms. The normalized spacial score (nSPS) is 23.2. The zero-order chi connectivity index (χ0) is 31.5. The minimum Gasteiger partial charge on any atom is -0.338 e. The first kappa shape index (κ1) is 33.1. The molecular formula is C30H39F3N4O4S2. The molecule has 0 radical (unpaired) electrons. The molecule has 3 amide bonds. The number of urea groups is 1. The molecule has 2 aliphatic rings. The van der Waals surface area contributed by atoms with E-state index in [4.69, 9.17) is 0 Å². The maximum Gasteiger partial charge on any atom is 0.416 e. The van der Waals surface area contributed by atoms with Gasteiger partial charge < -0.3 is 20.4 Å².